The highest BCUT2D eigenvalue weighted by molar-refractivity contribution is 4.70. The van der Waals surface area contributed by atoms with Gasteiger partial charge in [0.1, 0.15) is 0 Å². The van der Waals surface area contributed by atoms with Crippen LogP contribution in [0.15, 0.2) is 0 Å². The molecule has 0 aromatic rings. The molecule has 1 fully saturated rings. The van der Waals surface area contributed by atoms with Gasteiger partial charge in [-0.2, -0.15) is 0 Å². The summed E-state index contributed by atoms with van der Waals surface area (Å²) >= 11 is 0. The summed E-state index contributed by atoms with van der Waals surface area (Å²) in [5, 5.41) is 3.62. The fourth-order valence-corrected chi connectivity index (χ4v) is 2.29. The van der Waals surface area contributed by atoms with Crippen LogP contribution in [0, 0.1) is 5.92 Å². The molecular weight excluding hydrogens is 186 g/mol. The van der Waals surface area contributed by atoms with Crippen LogP contribution in [0.4, 0.5) is 0 Å². The summed E-state index contributed by atoms with van der Waals surface area (Å²) in [6.45, 7) is 7.73. The molecule has 0 amide bonds. The van der Waals surface area contributed by atoms with Crippen molar-refractivity contribution >= 4 is 0 Å². The lowest BCUT2D eigenvalue weighted by molar-refractivity contribution is 0.0612. The van der Waals surface area contributed by atoms with Gasteiger partial charge in [-0.1, -0.05) is 19.8 Å². The second kappa shape index (κ2) is 8.12. The molecule has 0 aliphatic carbocycles. The van der Waals surface area contributed by atoms with Crippen LogP contribution in [0.25, 0.3) is 0 Å². The number of ether oxygens (including phenoxy) is 1. The van der Waals surface area contributed by atoms with Gasteiger partial charge in [-0.25, -0.2) is 0 Å². The second-order valence-electron chi connectivity index (χ2n) is 4.85. The first-order valence-corrected chi connectivity index (χ1v) is 6.64. The molecule has 1 aliphatic rings. The first-order valence-electron chi connectivity index (χ1n) is 6.64. The Kier molecular flexibility index (Phi) is 7.03. The Hall–Kier alpha value is -0.0800. The van der Waals surface area contributed by atoms with Crippen LogP contribution in [0.3, 0.4) is 0 Å². The molecule has 2 heteroatoms. The van der Waals surface area contributed by atoms with Crippen molar-refractivity contribution in [3.63, 3.8) is 0 Å². The van der Waals surface area contributed by atoms with Crippen LogP contribution < -0.4 is 5.32 Å². The van der Waals surface area contributed by atoms with Crippen LogP contribution >= 0.6 is 0 Å². The van der Waals surface area contributed by atoms with E-state index in [9.17, 15) is 0 Å². The van der Waals surface area contributed by atoms with E-state index in [1.54, 1.807) is 0 Å². The molecule has 2 nitrogen and oxygen atoms in total. The molecule has 90 valence electrons. The molecule has 0 aromatic carbocycles. The molecule has 0 aromatic heterocycles. The quantitative estimate of drug-likeness (QED) is 0.656. The third-order valence-electron chi connectivity index (χ3n) is 3.30. The largest absolute Gasteiger partial charge is 0.381 e. The van der Waals surface area contributed by atoms with Gasteiger partial charge in [0.2, 0.25) is 0 Å². The van der Waals surface area contributed by atoms with Gasteiger partial charge in [0.15, 0.2) is 0 Å². The van der Waals surface area contributed by atoms with Crippen LogP contribution in [0.1, 0.15) is 52.4 Å². The third kappa shape index (κ3) is 6.16. The zero-order valence-electron chi connectivity index (χ0n) is 10.4. The van der Waals surface area contributed by atoms with E-state index in [-0.39, 0.29) is 0 Å². The lowest BCUT2D eigenvalue weighted by Crippen LogP contribution is -2.31. The maximum atomic E-state index is 5.37. The van der Waals surface area contributed by atoms with Gasteiger partial charge in [-0.3, -0.25) is 0 Å². The summed E-state index contributed by atoms with van der Waals surface area (Å²) < 4.78 is 5.37. The molecule has 0 bridgehead atoms. The van der Waals surface area contributed by atoms with Crippen molar-refractivity contribution in [3.8, 4) is 0 Å². The van der Waals surface area contributed by atoms with Crippen LogP contribution in [-0.2, 0) is 4.74 Å². The molecule has 1 unspecified atom stereocenters. The monoisotopic (exact) mass is 213 g/mol. The SMILES string of the molecule is CCCCCNC(C)CC1CCOCC1. The molecule has 1 atom stereocenters. The maximum Gasteiger partial charge on any atom is 0.0468 e. The minimum Gasteiger partial charge on any atom is -0.381 e. The molecule has 1 heterocycles. The van der Waals surface area contributed by atoms with E-state index in [1.165, 1.54) is 45.1 Å². The van der Waals surface area contributed by atoms with Gasteiger partial charge >= 0.3 is 0 Å². The van der Waals surface area contributed by atoms with Gasteiger partial charge in [0, 0.05) is 19.3 Å². The van der Waals surface area contributed by atoms with Crippen molar-refractivity contribution < 1.29 is 4.74 Å². The van der Waals surface area contributed by atoms with E-state index in [0.717, 1.165) is 19.1 Å². The van der Waals surface area contributed by atoms with Gasteiger partial charge in [-0.15, -0.1) is 0 Å². The van der Waals surface area contributed by atoms with Gasteiger partial charge in [-0.05, 0) is 45.1 Å². The molecule has 1 saturated heterocycles. The molecule has 1 rings (SSSR count). The van der Waals surface area contributed by atoms with Crippen LogP contribution in [0.2, 0.25) is 0 Å². The second-order valence-corrected chi connectivity index (χ2v) is 4.85. The Morgan fingerprint density at radius 3 is 2.67 bits per heavy atom. The summed E-state index contributed by atoms with van der Waals surface area (Å²) in [4.78, 5) is 0. The Morgan fingerprint density at radius 2 is 2.00 bits per heavy atom. The number of hydrogen-bond acceptors (Lipinski definition) is 2. The summed E-state index contributed by atoms with van der Waals surface area (Å²) in [5.74, 6) is 0.896. The minimum atomic E-state index is 0.685. The topological polar surface area (TPSA) is 21.3 Å². The third-order valence-corrected chi connectivity index (χ3v) is 3.30. The summed E-state index contributed by atoms with van der Waals surface area (Å²) in [5.41, 5.74) is 0. The molecule has 0 radical (unpaired) electrons. The first kappa shape index (κ1) is 13.0. The average Bonchev–Trinajstić information content (AvgIpc) is 2.26. The van der Waals surface area contributed by atoms with Gasteiger partial charge < -0.3 is 10.1 Å². The van der Waals surface area contributed by atoms with Crippen molar-refractivity contribution in [1.82, 2.24) is 5.32 Å². The minimum absolute atomic E-state index is 0.685. The van der Waals surface area contributed by atoms with Crippen molar-refractivity contribution in [1.29, 1.82) is 0 Å². The fraction of sp³-hybridized carbons (Fsp3) is 1.00. The molecular formula is C13H27NO. The highest BCUT2D eigenvalue weighted by Gasteiger charge is 2.16. The van der Waals surface area contributed by atoms with E-state index in [2.05, 4.69) is 19.2 Å². The summed E-state index contributed by atoms with van der Waals surface area (Å²) in [6.07, 6.45) is 7.86. The number of nitrogens with one attached hydrogen (secondary N) is 1. The highest BCUT2D eigenvalue weighted by atomic mass is 16.5. The van der Waals surface area contributed by atoms with Gasteiger partial charge in [0.05, 0.1) is 0 Å². The van der Waals surface area contributed by atoms with E-state index in [0.29, 0.717) is 6.04 Å². The zero-order valence-corrected chi connectivity index (χ0v) is 10.4. The zero-order chi connectivity index (χ0) is 10.9. The average molecular weight is 213 g/mol. The highest BCUT2D eigenvalue weighted by Crippen LogP contribution is 2.19. The fourth-order valence-electron chi connectivity index (χ4n) is 2.29. The Morgan fingerprint density at radius 1 is 1.27 bits per heavy atom. The standard InChI is InChI=1S/C13H27NO/c1-3-4-5-8-14-12(2)11-13-6-9-15-10-7-13/h12-14H,3-11H2,1-2H3. The van der Waals surface area contributed by atoms with E-state index >= 15 is 0 Å². The molecule has 1 aliphatic heterocycles. The van der Waals surface area contributed by atoms with E-state index < -0.39 is 0 Å². The van der Waals surface area contributed by atoms with Crippen molar-refractivity contribution in [2.45, 2.75) is 58.4 Å². The van der Waals surface area contributed by atoms with Crippen molar-refractivity contribution in [2.24, 2.45) is 5.92 Å². The summed E-state index contributed by atoms with van der Waals surface area (Å²) in [6, 6.07) is 0.685. The van der Waals surface area contributed by atoms with Crippen LogP contribution in [-0.4, -0.2) is 25.8 Å². The van der Waals surface area contributed by atoms with E-state index in [1.807, 2.05) is 0 Å². The molecule has 15 heavy (non-hydrogen) atoms. The summed E-state index contributed by atoms with van der Waals surface area (Å²) in [7, 11) is 0. The lowest BCUT2D eigenvalue weighted by Gasteiger charge is -2.25. The normalized spacial score (nSPS) is 20.4. The molecule has 0 spiro atoms. The number of hydrogen-bond donors (Lipinski definition) is 1. The molecule has 0 saturated carbocycles. The molecule has 1 N–H and O–H groups in total. The number of rotatable bonds is 7. The first-order chi connectivity index (χ1) is 7.33. The maximum absolute atomic E-state index is 5.37. The lowest BCUT2D eigenvalue weighted by atomic mass is 9.93. The number of unbranched alkanes of at least 4 members (excludes halogenated alkanes) is 2. The predicted molar refractivity (Wildman–Crippen MR) is 65.1 cm³/mol. The Labute approximate surface area is 94.8 Å². The van der Waals surface area contributed by atoms with Crippen LogP contribution in [0.5, 0.6) is 0 Å². The van der Waals surface area contributed by atoms with Gasteiger partial charge in [0.25, 0.3) is 0 Å². The predicted octanol–water partition coefficient (Wildman–Crippen LogP) is 2.97. The van der Waals surface area contributed by atoms with Crippen molar-refractivity contribution in [3.05, 3.63) is 0 Å². The Balaban J connectivity index is 1.98. The van der Waals surface area contributed by atoms with E-state index in [4.69, 9.17) is 4.74 Å². The van der Waals surface area contributed by atoms with Crippen molar-refractivity contribution in [2.75, 3.05) is 19.8 Å². The Bertz CT molecular complexity index is 143. The smallest absolute Gasteiger partial charge is 0.0468 e.